The van der Waals surface area contributed by atoms with E-state index in [9.17, 15) is 23.5 Å². The van der Waals surface area contributed by atoms with Gasteiger partial charge in [-0.05, 0) is 30.9 Å². The fraction of sp³-hybridized carbons (Fsp3) is 0.364. The summed E-state index contributed by atoms with van der Waals surface area (Å²) >= 11 is 1.07. The summed E-state index contributed by atoms with van der Waals surface area (Å²) in [6.45, 7) is 0.293. The molecule has 11 heteroatoms. The van der Waals surface area contributed by atoms with Gasteiger partial charge in [-0.2, -0.15) is 0 Å². The first kappa shape index (κ1) is 20.4. The predicted molar refractivity (Wildman–Crippen MR) is 113 cm³/mol. The van der Waals surface area contributed by atoms with Gasteiger partial charge in [0.2, 0.25) is 5.43 Å². The average Bonchev–Trinajstić information content (AvgIpc) is 3.48. The number of benzene rings is 1. The summed E-state index contributed by atoms with van der Waals surface area (Å²) in [7, 11) is 0. The molecule has 2 aromatic heterocycles. The molecule has 6 rings (SSSR count). The van der Waals surface area contributed by atoms with Gasteiger partial charge in [-0.15, -0.1) is 10.2 Å². The highest BCUT2D eigenvalue weighted by Gasteiger charge is 2.50. The smallest absolute Gasteiger partial charge is 0.276 e. The standard InChI is InChI=1S/C22H18F2N4O4S/c23-11-5-4-10(13(24)7-11)6-16-25-26-21(33-16)12-8-27-9-17-28(14-2-1-3-15(14)32-17)22(31)18(27)20(30)19(12)29/h4-5,7-8,14-15,17,30H,1-3,6,9H2/t14-,15+,17+/m1/s1. The number of hydrogen-bond donors (Lipinski definition) is 1. The van der Waals surface area contributed by atoms with Crippen molar-refractivity contribution in [1.82, 2.24) is 19.7 Å². The summed E-state index contributed by atoms with van der Waals surface area (Å²) in [5, 5.41) is 19.4. The lowest BCUT2D eigenvalue weighted by Crippen LogP contribution is -2.49. The molecule has 2 aliphatic heterocycles. The van der Waals surface area contributed by atoms with Crippen LogP contribution in [0, 0.1) is 11.6 Å². The van der Waals surface area contributed by atoms with E-state index in [0.717, 1.165) is 42.7 Å². The SMILES string of the molecule is O=C1c2c(O)c(=O)c(-c3nnc(Cc4ccc(F)cc4F)s3)cn2C[C@@H]2O[C@H]3CCC[C@H]3N12. The Morgan fingerprint density at radius 1 is 1.21 bits per heavy atom. The highest BCUT2D eigenvalue weighted by atomic mass is 32.1. The van der Waals surface area contributed by atoms with E-state index in [1.54, 1.807) is 4.90 Å². The van der Waals surface area contributed by atoms with Gasteiger partial charge in [-0.3, -0.25) is 9.59 Å². The molecule has 3 aliphatic rings. The van der Waals surface area contributed by atoms with Gasteiger partial charge in [0.05, 0.1) is 24.3 Å². The zero-order valence-corrected chi connectivity index (χ0v) is 18.0. The summed E-state index contributed by atoms with van der Waals surface area (Å²) < 4.78 is 34.7. The Morgan fingerprint density at radius 2 is 2.06 bits per heavy atom. The minimum absolute atomic E-state index is 0.0141. The van der Waals surface area contributed by atoms with Crippen molar-refractivity contribution < 1.29 is 23.4 Å². The van der Waals surface area contributed by atoms with Gasteiger partial charge in [-0.25, -0.2) is 8.78 Å². The predicted octanol–water partition coefficient (Wildman–Crippen LogP) is 2.67. The van der Waals surface area contributed by atoms with E-state index in [2.05, 4.69) is 10.2 Å². The van der Waals surface area contributed by atoms with E-state index < -0.39 is 34.9 Å². The third-order valence-electron chi connectivity index (χ3n) is 6.52. The van der Waals surface area contributed by atoms with Crippen molar-refractivity contribution in [3.05, 3.63) is 62.5 Å². The monoisotopic (exact) mass is 472 g/mol. The number of hydrogen-bond acceptors (Lipinski definition) is 7. The number of fused-ring (bicyclic) bond motifs is 4. The topological polar surface area (TPSA) is 97.5 Å². The Hall–Kier alpha value is -3.18. The first-order valence-corrected chi connectivity index (χ1v) is 11.4. The number of carbonyl (C=O) groups excluding carboxylic acids is 1. The maximum absolute atomic E-state index is 14.0. The Kier molecular flexibility index (Phi) is 4.59. The molecule has 0 spiro atoms. The normalized spacial score (nSPS) is 23.5. The summed E-state index contributed by atoms with van der Waals surface area (Å²) in [6, 6.07) is 3.26. The quantitative estimate of drug-likeness (QED) is 0.630. The lowest BCUT2D eigenvalue weighted by molar-refractivity contribution is -0.0177. The second kappa shape index (κ2) is 7.42. The fourth-order valence-electron chi connectivity index (χ4n) is 5.00. The van der Waals surface area contributed by atoms with Gasteiger partial charge in [0.1, 0.15) is 16.6 Å². The van der Waals surface area contributed by atoms with Crippen molar-refractivity contribution in [3.63, 3.8) is 0 Å². The largest absolute Gasteiger partial charge is 0.503 e. The van der Waals surface area contributed by atoms with Crippen LogP contribution >= 0.6 is 11.3 Å². The van der Waals surface area contributed by atoms with Crippen molar-refractivity contribution in [2.75, 3.05) is 0 Å². The highest BCUT2D eigenvalue weighted by Crippen LogP contribution is 2.40. The summed E-state index contributed by atoms with van der Waals surface area (Å²) in [5.74, 6) is -2.40. The number of nitrogens with zero attached hydrogens (tertiary/aromatic N) is 4. The number of amides is 1. The molecule has 3 aromatic rings. The summed E-state index contributed by atoms with van der Waals surface area (Å²) in [4.78, 5) is 27.8. The lowest BCUT2D eigenvalue weighted by Gasteiger charge is -2.34. The van der Waals surface area contributed by atoms with Gasteiger partial charge < -0.3 is 19.3 Å². The molecule has 1 saturated heterocycles. The van der Waals surface area contributed by atoms with E-state index in [-0.39, 0.29) is 40.4 Å². The van der Waals surface area contributed by atoms with Crippen LogP contribution in [0.3, 0.4) is 0 Å². The van der Waals surface area contributed by atoms with Crippen molar-refractivity contribution in [1.29, 1.82) is 0 Å². The maximum Gasteiger partial charge on any atom is 0.276 e. The molecule has 1 N–H and O–H groups in total. The molecule has 1 aliphatic carbocycles. The van der Waals surface area contributed by atoms with E-state index in [1.807, 2.05) is 0 Å². The lowest BCUT2D eigenvalue weighted by atomic mass is 10.1. The molecule has 1 saturated carbocycles. The summed E-state index contributed by atoms with van der Waals surface area (Å²) in [6.07, 6.45) is 3.82. The van der Waals surface area contributed by atoms with Gasteiger partial charge in [0, 0.05) is 18.7 Å². The van der Waals surface area contributed by atoms with Gasteiger partial charge in [0.25, 0.3) is 5.91 Å². The van der Waals surface area contributed by atoms with Crippen molar-refractivity contribution in [2.45, 2.75) is 50.6 Å². The Bertz CT molecular complexity index is 1360. The van der Waals surface area contributed by atoms with Gasteiger partial charge >= 0.3 is 0 Å². The minimum atomic E-state index is -0.716. The molecule has 3 atom stereocenters. The van der Waals surface area contributed by atoms with Crippen LogP contribution in [0.5, 0.6) is 5.75 Å². The van der Waals surface area contributed by atoms with Crippen molar-refractivity contribution >= 4 is 17.2 Å². The molecule has 0 unspecified atom stereocenters. The Labute approximate surface area is 190 Å². The zero-order valence-electron chi connectivity index (χ0n) is 17.2. The van der Waals surface area contributed by atoms with Crippen molar-refractivity contribution in [3.8, 4) is 16.3 Å². The number of carbonyl (C=O) groups is 1. The molecule has 2 fully saturated rings. The highest BCUT2D eigenvalue weighted by molar-refractivity contribution is 7.14. The van der Waals surface area contributed by atoms with E-state index >= 15 is 0 Å². The second-order valence-electron chi connectivity index (χ2n) is 8.47. The number of aromatic hydroxyl groups is 1. The molecule has 0 radical (unpaired) electrons. The molecule has 170 valence electrons. The van der Waals surface area contributed by atoms with Crippen LogP contribution < -0.4 is 5.43 Å². The molecular formula is C22H18F2N4O4S. The maximum atomic E-state index is 14.0. The number of aromatic nitrogens is 3. The number of ether oxygens (including phenoxy) is 1. The minimum Gasteiger partial charge on any atom is -0.503 e. The number of halogens is 2. The van der Waals surface area contributed by atoms with Gasteiger partial charge in [-0.1, -0.05) is 17.4 Å². The molecule has 4 heterocycles. The fourth-order valence-corrected chi connectivity index (χ4v) is 5.87. The van der Waals surface area contributed by atoms with Crippen LogP contribution in [0.15, 0.2) is 29.2 Å². The van der Waals surface area contributed by atoms with Crippen LogP contribution in [0.4, 0.5) is 8.78 Å². The Balaban J connectivity index is 1.34. The van der Waals surface area contributed by atoms with Crippen LogP contribution in [0.2, 0.25) is 0 Å². The molecule has 8 nitrogen and oxygen atoms in total. The second-order valence-corrected chi connectivity index (χ2v) is 9.54. The van der Waals surface area contributed by atoms with Crippen LogP contribution in [-0.4, -0.2) is 49.1 Å². The van der Waals surface area contributed by atoms with E-state index in [0.29, 0.717) is 11.6 Å². The molecule has 1 amide bonds. The van der Waals surface area contributed by atoms with Crippen LogP contribution in [-0.2, 0) is 17.7 Å². The molecular weight excluding hydrogens is 454 g/mol. The number of rotatable bonds is 3. The first-order valence-electron chi connectivity index (χ1n) is 10.6. The van der Waals surface area contributed by atoms with E-state index in [4.69, 9.17) is 4.74 Å². The third kappa shape index (κ3) is 3.17. The Morgan fingerprint density at radius 3 is 2.88 bits per heavy atom. The average molecular weight is 472 g/mol. The third-order valence-corrected chi connectivity index (χ3v) is 7.47. The zero-order chi connectivity index (χ0) is 22.9. The van der Waals surface area contributed by atoms with Crippen LogP contribution in [0.25, 0.3) is 10.6 Å². The number of pyridine rings is 1. The molecule has 33 heavy (non-hydrogen) atoms. The van der Waals surface area contributed by atoms with Crippen LogP contribution in [0.1, 0.15) is 40.3 Å². The van der Waals surface area contributed by atoms with Crippen molar-refractivity contribution in [2.24, 2.45) is 0 Å². The molecule has 1 aromatic carbocycles. The van der Waals surface area contributed by atoms with E-state index in [1.165, 1.54) is 16.8 Å². The first-order chi connectivity index (χ1) is 15.9. The van der Waals surface area contributed by atoms with Gasteiger partial charge in [0.15, 0.2) is 22.7 Å². The summed E-state index contributed by atoms with van der Waals surface area (Å²) in [5.41, 5.74) is -0.418. The molecule has 0 bridgehead atoms.